The molecule has 2 atom stereocenters. The van der Waals surface area contributed by atoms with Crippen LogP contribution in [0.2, 0.25) is 0 Å². The number of hydrogen-bond acceptors (Lipinski definition) is 4. The Morgan fingerprint density at radius 1 is 1.07 bits per heavy atom. The van der Waals surface area contributed by atoms with Gasteiger partial charge in [0.15, 0.2) is 0 Å². The molecule has 6 nitrogen and oxygen atoms in total. The molecule has 1 aliphatic heterocycles. The third-order valence-corrected chi connectivity index (χ3v) is 5.18. The van der Waals surface area contributed by atoms with E-state index in [2.05, 4.69) is 10.3 Å². The van der Waals surface area contributed by atoms with Gasteiger partial charge in [-0.25, -0.2) is 4.79 Å². The van der Waals surface area contributed by atoms with Crippen LogP contribution in [0.1, 0.15) is 40.3 Å². The lowest BCUT2D eigenvalue weighted by atomic mass is 10.0. The molecule has 3 aromatic rings. The third kappa shape index (κ3) is 3.67. The predicted octanol–water partition coefficient (Wildman–Crippen LogP) is 3.42. The summed E-state index contributed by atoms with van der Waals surface area (Å²) in [5.74, 6) is -0.519. The van der Waals surface area contributed by atoms with Crippen LogP contribution in [-0.2, 0) is 16.1 Å². The Kier molecular flexibility index (Phi) is 5.18. The van der Waals surface area contributed by atoms with Crippen molar-refractivity contribution in [1.29, 1.82) is 0 Å². The van der Waals surface area contributed by atoms with Gasteiger partial charge in [0, 0.05) is 0 Å². The summed E-state index contributed by atoms with van der Waals surface area (Å²) < 4.78 is 4.89. The Hall–Kier alpha value is -3.38. The number of rotatable bonds is 4. The Labute approximate surface area is 169 Å². The Bertz CT molecular complexity index is 1010. The number of hydrogen-bond donors (Lipinski definition) is 2. The normalized spacial score (nSPS) is 18.8. The molecule has 29 heavy (non-hydrogen) atoms. The Morgan fingerprint density at radius 3 is 2.38 bits per heavy atom. The fourth-order valence-corrected chi connectivity index (χ4v) is 3.72. The summed E-state index contributed by atoms with van der Waals surface area (Å²) in [5.41, 5.74) is 3.79. The highest BCUT2D eigenvalue weighted by atomic mass is 16.5. The van der Waals surface area contributed by atoms with Gasteiger partial charge in [0.1, 0.15) is 5.69 Å². The molecule has 148 valence electrons. The number of nitrogens with zero attached hydrogens (tertiary/aromatic N) is 1. The van der Waals surface area contributed by atoms with Gasteiger partial charge in [0.05, 0.1) is 37.1 Å². The number of carbonyl (C=O) groups excluding carboxylic acids is 2. The standard InChI is InChI=1S/C23H23N3O3/c1-15-22(27)26(14-16-9-5-3-6-10-16)19-13-18(23(28)29-2)25-21(19)20(24-15)17-11-7-4-8-12-17/h3-13,15,20,24-25H,14H2,1-2H3/t15-,20+/m0/s1. The molecule has 0 saturated heterocycles. The van der Waals surface area contributed by atoms with Crippen molar-refractivity contribution >= 4 is 17.6 Å². The maximum atomic E-state index is 13.3. The summed E-state index contributed by atoms with van der Waals surface area (Å²) in [5, 5.41) is 3.41. The molecule has 0 spiro atoms. The number of nitrogens with one attached hydrogen (secondary N) is 2. The number of aromatic amines is 1. The fourth-order valence-electron chi connectivity index (χ4n) is 3.72. The molecule has 1 amide bonds. The number of anilines is 1. The highest BCUT2D eigenvalue weighted by molar-refractivity contribution is 6.00. The quantitative estimate of drug-likeness (QED) is 0.671. The molecule has 2 N–H and O–H groups in total. The number of esters is 1. The van der Waals surface area contributed by atoms with Crippen molar-refractivity contribution in [3.63, 3.8) is 0 Å². The minimum Gasteiger partial charge on any atom is -0.464 e. The predicted molar refractivity (Wildman–Crippen MR) is 111 cm³/mol. The number of amides is 1. The lowest BCUT2D eigenvalue weighted by Gasteiger charge is -2.23. The summed E-state index contributed by atoms with van der Waals surface area (Å²) in [6.45, 7) is 2.28. The molecule has 1 aliphatic rings. The van der Waals surface area contributed by atoms with Crippen LogP contribution >= 0.6 is 0 Å². The minimum atomic E-state index is -0.468. The highest BCUT2D eigenvalue weighted by Gasteiger charge is 2.35. The molecule has 0 saturated carbocycles. The van der Waals surface area contributed by atoms with E-state index in [9.17, 15) is 9.59 Å². The van der Waals surface area contributed by atoms with Gasteiger partial charge in [-0.15, -0.1) is 0 Å². The largest absolute Gasteiger partial charge is 0.464 e. The number of methoxy groups -OCH3 is 1. The van der Waals surface area contributed by atoms with Crippen molar-refractivity contribution in [2.75, 3.05) is 12.0 Å². The molecule has 1 aromatic heterocycles. The smallest absolute Gasteiger partial charge is 0.354 e. The van der Waals surface area contributed by atoms with Crippen molar-refractivity contribution in [2.24, 2.45) is 0 Å². The van der Waals surface area contributed by atoms with Gasteiger partial charge in [-0.05, 0) is 24.1 Å². The lowest BCUT2D eigenvalue weighted by Crippen LogP contribution is -2.43. The molecule has 4 rings (SSSR count). The highest BCUT2D eigenvalue weighted by Crippen LogP contribution is 2.35. The Balaban J connectivity index is 1.84. The first kappa shape index (κ1) is 19.0. The van der Waals surface area contributed by atoms with Gasteiger partial charge in [-0.1, -0.05) is 60.7 Å². The second-order valence-corrected chi connectivity index (χ2v) is 7.12. The van der Waals surface area contributed by atoms with Gasteiger partial charge >= 0.3 is 5.97 Å². The first-order valence-corrected chi connectivity index (χ1v) is 9.56. The first-order valence-electron chi connectivity index (χ1n) is 9.56. The second-order valence-electron chi connectivity index (χ2n) is 7.12. The molecular formula is C23H23N3O3. The number of benzene rings is 2. The summed E-state index contributed by atoms with van der Waals surface area (Å²) in [7, 11) is 1.34. The third-order valence-electron chi connectivity index (χ3n) is 5.18. The van der Waals surface area contributed by atoms with Gasteiger partial charge in [-0.2, -0.15) is 0 Å². The van der Waals surface area contributed by atoms with Crippen LogP contribution in [0.5, 0.6) is 0 Å². The lowest BCUT2D eigenvalue weighted by molar-refractivity contribution is -0.120. The number of H-pyrrole nitrogens is 1. The number of carbonyl (C=O) groups is 2. The number of fused-ring (bicyclic) bond motifs is 1. The summed E-state index contributed by atoms with van der Waals surface area (Å²) in [6, 6.07) is 20.7. The van der Waals surface area contributed by atoms with E-state index in [1.165, 1.54) is 7.11 Å². The van der Waals surface area contributed by atoms with Crippen molar-refractivity contribution in [1.82, 2.24) is 10.3 Å². The molecule has 0 fully saturated rings. The molecule has 0 radical (unpaired) electrons. The van der Waals surface area contributed by atoms with Crippen LogP contribution in [0.25, 0.3) is 0 Å². The molecule has 2 aromatic carbocycles. The minimum absolute atomic E-state index is 0.0519. The van der Waals surface area contributed by atoms with Crippen LogP contribution in [0.15, 0.2) is 66.7 Å². The van der Waals surface area contributed by atoms with E-state index in [4.69, 9.17) is 4.74 Å². The molecule has 2 heterocycles. The SMILES string of the molecule is COC(=O)c1cc2c([nH]1)[C@@H](c1ccccc1)N[C@@H](C)C(=O)N2Cc1ccccc1. The van der Waals surface area contributed by atoms with E-state index >= 15 is 0 Å². The topological polar surface area (TPSA) is 74.4 Å². The molecule has 0 unspecified atom stereocenters. The zero-order valence-corrected chi connectivity index (χ0v) is 16.4. The number of ether oxygens (including phenoxy) is 1. The van der Waals surface area contributed by atoms with Crippen molar-refractivity contribution in [2.45, 2.75) is 25.6 Å². The van der Waals surface area contributed by atoms with E-state index in [1.54, 1.807) is 11.0 Å². The van der Waals surface area contributed by atoms with Gasteiger partial charge in [0.2, 0.25) is 5.91 Å². The molecular weight excluding hydrogens is 366 g/mol. The Morgan fingerprint density at radius 2 is 1.72 bits per heavy atom. The fraction of sp³-hybridized carbons (Fsp3) is 0.217. The van der Waals surface area contributed by atoms with E-state index in [0.717, 1.165) is 16.8 Å². The first-order chi connectivity index (χ1) is 14.1. The van der Waals surface area contributed by atoms with Gasteiger partial charge in [0.25, 0.3) is 0 Å². The maximum Gasteiger partial charge on any atom is 0.354 e. The van der Waals surface area contributed by atoms with Crippen molar-refractivity contribution in [3.05, 3.63) is 89.2 Å². The van der Waals surface area contributed by atoms with Crippen LogP contribution in [-0.4, -0.2) is 30.0 Å². The van der Waals surface area contributed by atoms with Crippen LogP contribution < -0.4 is 10.2 Å². The summed E-state index contributed by atoms with van der Waals surface area (Å²) >= 11 is 0. The van der Waals surface area contributed by atoms with E-state index < -0.39 is 12.0 Å². The molecule has 0 bridgehead atoms. The molecule has 0 aliphatic carbocycles. The van der Waals surface area contributed by atoms with Crippen molar-refractivity contribution < 1.29 is 14.3 Å². The van der Waals surface area contributed by atoms with E-state index in [-0.39, 0.29) is 11.9 Å². The van der Waals surface area contributed by atoms with Gasteiger partial charge < -0.3 is 14.6 Å². The van der Waals surface area contributed by atoms with Crippen LogP contribution in [0, 0.1) is 0 Å². The van der Waals surface area contributed by atoms with Crippen LogP contribution in [0.4, 0.5) is 5.69 Å². The zero-order chi connectivity index (χ0) is 20.4. The summed E-state index contributed by atoms with van der Waals surface area (Å²) in [6.07, 6.45) is 0. The molecule has 6 heteroatoms. The van der Waals surface area contributed by atoms with Crippen LogP contribution in [0.3, 0.4) is 0 Å². The maximum absolute atomic E-state index is 13.3. The van der Waals surface area contributed by atoms with E-state index in [1.807, 2.05) is 67.6 Å². The number of aromatic nitrogens is 1. The summed E-state index contributed by atoms with van der Waals surface area (Å²) in [4.78, 5) is 30.4. The zero-order valence-electron chi connectivity index (χ0n) is 16.4. The van der Waals surface area contributed by atoms with Gasteiger partial charge in [-0.3, -0.25) is 10.1 Å². The van der Waals surface area contributed by atoms with E-state index in [0.29, 0.717) is 17.9 Å². The average molecular weight is 389 g/mol. The van der Waals surface area contributed by atoms with Crippen molar-refractivity contribution in [3.8, 4) is 0 Å². The average Bonchev–Trinajstić information content (AvgIpc) is 3.17. The second kappa shape index (κ2) is 7.93. The monoisotopic (exact) mass is 389 g/mol.